The summed E-state index contributed by atoms with van der Waals surface area (Å²) in [5.41, 5.74) is 0.627. The van der Waals surface area contributed by atoms with E-state index in [0.717, 1.165) is 6.54 Å². The van der Waals surface area contributed by atoms with Gasteiger partial charge in [0.25, 0.3) is 5.91 Å². The van der Waals surface area contributed by atoms with Crippen LogP contribution < -0.4 is 5.32 Å². The van der Waals surface area contributed by atoms with E-state index in [0.29, 0.717) is 24.5 Å². The van der Waals surface area contributed by atoms with Crippen molar-refractivity contribution in [1.29, 1.82) is 0 Å². The van der Waals surface area contributed by atoms with Gasteiger partial charge >= 0.3 is 0 Å². The van der Waals surface area contributed by atoms with Crippen molar-refractivity contribution < 1.29 is 14.3 Å². The van der Waals surface area contributed by atoms with Crippen LogP contribution in [-0.2, 0) is 9.47 Å². The van der Waals surface area contributed by atoms with Crippen LogP contribution in [0.4, 0.5) is 5.82 Å². The van der Waals surface area contributed by atoms with Gasteiger partial charge in [-0.15, -0.1) is 0 Å². The largest absolute Gasteiger partial charge is 0.377 e. The molecule has 0 aliphatic carbocycles. The number of nitrogens with zero attached hydrogens (tertiary/aromatic N) is 2. The molecule has 0 radical (unpaired) electrons. The Bertz CT molecular complexity index is 455. The van der Waals surface area contributed by atoms with E-state index in [-0.39, 0.29) is 18.1 Å². The molecule has 1 aromatic rings. The zero-order chi connectivity index (χ0) is 14.5. The third-order valence-corrected chi connectivity index (χ3v) is 3.47. The number of ether oxygens (including phenoxy) is 2. The molecule has 20 heavy (non-hydrogen) atoms. The van der Waals surface area contributed by atoms with Crippen molar-refractivity contribution in [3.8, 4) is 0 Å². The summed E-state index contributed by atoms with van der Waals surface area (Å²) in [4.78, 5) is 18.4. The highest BCUT2D eigenvalue weighted by Gasteiger charge is 2.35. The number of amides is 1. The van der Waals surface area contributed by atoms with Crippen molar-refractivity contribution in [3.05, 3.63) is 23.9 Å². The van der Waals surface area contributed by atoms with Crippen molar-refractivity contribution in [2.24, 2.45) is 0 Å². The number of nitrogens with one attached hydrogen (secondary N) is 1. The zero-order valence-corrected chi connectivity index (χ0v) is 12.1. The minimum Gasteiger partial charge on any atom is -0.377 e. The first-order valence-corrected chi connectivity index (χ1v) is 6.74. The normalized spacial score (nSPS) is 22.1. The van der Waals surface area contributed by atoms with Crippen LogP contribution in [0.5, 0.6) is 0 Å². The number of likely N-dealkylation sites (tertiary alicyclic amines) is 1. The van der Waals surface area contributed by atoms with Gasteiger partial charge in [0.05, 0.1) is 0 Å². The SMILES string of the molecule is CCNc1cc(C(=O)N2CC(OC)C(OC)C2)ccn1. The lowest BCUT2D eigenvalue weighted by atomic mass is 10.2. The first kappa shape index (κ1) is 14.7. The number of anilines is 1. The fraction of sp³-hybridized carbons (Fsp3) is 0.571. The van der Waals surface area contributed by atoms with E-state index in [4.69, 9.17) is 9.47 Å². The van der Waals surface area contributed by atoms with Crippen molar-refractivity contribution in [2.75, 3.05) is 39.2 Å². The highest BCUT2D eigenvalue weighted by Crippen LogP contribution is 2.19. The van der Waals surface area contributed by atoms with Crippen molar-refractivity contribution in [2.45, 2.75) is 19.1 Å². The molecule has 1 saturated heterocycles. The molecule has 0 spiro atoms. The van der Waals surface area contributed by atoms with Crippen LogP contribution in [0.1, 0.15) is 17.3 Å². The minimum absolute atomic E-state index is 0.0202. The number of carbonyl (C=O) groups is 1. The Hall–Kier alpha value is -1.66. The van der Waals surface area contributed by atoms with Gasteiger partial charge in [-0.3, -0.25) is 4.79 Å². The highest BCUT2D eigenvalue weighted by molar-refractivity contribution is 5.95. The van der Waals surface area contributed by atoms with Crippen molar-refractivity contribution >= 4 is 11.7 Å². The number of pyridine rings is 1. The molecule has 0 aromatic carbocycles. The zero-order valence-electron chi connectivity index (χ0n) is 12.1. The van der Waals surface area contributed by atoms with Gasteiger partial charge in [0, 0.05) is 45.6 Å². The lowest BCUT2D eigenvalue weighted by molar-refractivity contribution is -0.00461. The number of rotatable bonds is 5. The Morgan fingerprint density at radius 2 is 2.05 bits per heavy atom. The maximum absolute atomic E-state index is 12.5. The Morgan fingerprint density at radius 1 is 1.40 bits per heavy atom. The van der Waals surface area contributed by atoms with E-state index in [9.17, 15) is 4.79 Å². The van der Waals surface area contributed by atoms with E-state index in [2.05, 4.69) is 10.3 Å². The molecule has 110 valence electrons. The van der Waals surface area contributed by atoms with Gasteiger partial charge in [0.15, 0.2) is 0 Å². The van der Waals surface area contributed by atoms with Crippen LogP contribution in [-0.4, -0.2) is 61.9 Å². The lowest BCUT2D eigenvalue weighted by Gasteiger charge is -2.16. The second kappa shape index (κ2) is 6.67. The summed E-state index contributed by atoms with van der Waals surface area (Å²) < 4.78 is 10.7. The second-order valence-corrected chi connectivity index (χ2v) is 4.72. The van der Waals surface area contributed by atoms with E-state index in [1.165, 1.54) is 0 Å². The summed E-state index contributed by atoms with van der Waals surface area (Å²) >= 11 is 0. The van der Waals surface area contributed by atoms with Crippen LogP contribution in [0, 0.1) is 0 Å². The van der Waals surface area contributed by atoms with Crippen molar-refractivity contribution in [1.82, 2.24) is 9.88 Å². The second-order valence-electron chi connectivity index (χ2n) is 4.72. The quantitative estimate of drug-likeness (QED) is 0.871. The highest BCUT2D eigenvalue weighted by atomic mass is 16.5. The van der Waals surface area contributed by atoms with Gasteiger partial charge in [0.2, 0.25) is 0 Å². The molecular formula is C14H21N3O3. The van der Waals surface area contributed by atoms with Gasteiger partial charge in [0.1, 0.15) is 18.0 Å². The smallest absolute Gasteiger partial charge is 0.254 e. The molecule has 2 heterocycles. The molecule has 1 fully saturated rings. The number of hydrogen-bond acceptors (Lipinski definition) is 5. The monoisotopic (exact) mass is 279 g/mol. The first-order valence-electron chi connectivity index (χ1n) is 6.74. The van der Waals surface area contributed by atoms with E-state index < -0.39 is 0 Å². The maximum Gasteiger partial charge on any atom is 0.254 e. The van der Waals surface area contributed by atoms with Crippen LogP contribution in [0.15, 0.2) is 18.3 Å². The number of carbonyl (C=O) groups excluding carboxylic acids is 1. The fourth-order valence-electron chi connectivity index (χ4n) is 2.39. The maximum atomic E-state index is 12.5. The Balaban J connectivity index is 2.10. The molecule has 2 rings (SSSR count). The average Bonchev–Trinajstić information content (AvgIpc) is 2.90. The topological polar surface area (TPSA) is 63.7 Å². The Labute approximate surface area is 119 Å². The summed E-state index contributed by atoms with van der Waals surface area (Å²) in [6, 6.07) is 3.50. The lowest BCUT2D eigenvalue weighted by Crippen LogP contribution is -2.30. The molecule has 1 N–H and O–H groups in total. The van der Waals surface area contributed by atoms with E-state index in [1.807, 2.05) is 6.92 Å². The summed E-state index contributed by atoms with van der Waals surface area (Å²) in [7, 11) is 3.28. The third kappa shape index (κ3) is 3.08. The predicted molar refractivity (Wildman–Crippen MR) is 75.9 cm³/mol. The fourth-order valence-corrected chi connectivity index (χ4v) is 2.39. The number of aromatic nitrogens is 1. The van der Waals surface area contributed by atoms with Gasteiger partial charge in [-0.1, -0.05) is 0 Å². The molecule has 6 nitrogen and oxygen atoms in total. The Kier molecular flexibility index (Phi) is 4.92. The molecule has 1 aliphatic rings. The van der Waals surface area contributed by atoms with Gasteiger partial charge in [-0.2, -0.15) is 0 Å². The van der Waals surface area contributed by atoms with Gasteiger partial charge < -0.3 is 19.7 Å². The van der Waals surface area contributed by atoms with Gasteiger partial charge in [-0.05, 0) is 19.1 Å². The Morgan fingerprint density at radius 3 is 2.60 bits per heavy atom. The summed E-state index contributed by atoms with van der Waals surface area (Å²) in [5.74, 6) is 0.692. The summed E-state index contributed by atoms with van der Waals surface area (Å²) in [6.07, 6.45) is 1.50. The minimum atomic E-state index is -0.0703. The van der Waals surface area contributed by atoms with Crippen LogP contribution >= 0.6 is 0 Å². The number of hydrogen-bond donors (Lipinski definition) is 1. The van der Waals surface area contributed by atoms with Crippen LogP contribution in [0.3, 0.4) is 0 Å². The molecular weight excluding hydrogens is 258 g/mol. The van der Waals surface area contributed by atoms with Crippen molar-refractivity contribution in [3.63, 3.8) is 0 Å². The summed E-state index contributed by atoms with van der Waals surface area (Å²) in [5, 5.41) is 3.10. The molecule has 2 unspecified atom stereocenters. The number of methoxy groups -OCH3 is 2. The third-order valence-electron chi connectivity index (χ3n) is 3.47. The molecule has 0 bridgehead atoms. The molecule has 0 saturated carbocycles. The van der Waals surface area contributed by atoms with Crippen LogP contribution in [0.2, 0.25) is 0 Å². The molecule has 6 heteroatoms. The predicted octanol–water partition coefficient (Wildman–Crippen LogP) is 0.999. The molecule has 2 atom stereocenters. The molecule has 1 aromatic heterocycles. The summed E-state index contributed by atoms with van der Waals surface area (Å²) in [6.45, 7) is 3.86. The standard InChI is InChI=1S/C14H21N3O3/c1-4-15-13-7-10(5-6-16-13)14(18)17-8-11(19-2)12(9-17)20-3/h5-7,11-12H,4,8-9H2,1-3H3,(H,15,16). The molecule has 1 amide bonds. The van der Waals surface area contributed by atoms with E-state index in [1.54, 1.807) is 37.4 Å². The van der Waals surface area contributed by atoms with Crippen LogP contribution in [0.25, 0.3) is 0 Å². The first-order chi connectivity index (χ1) is 9.69. The molecule has 1 aliphatic heterocycles. The van der Waals surface area contributed by atoms with Gasteiger partial charge in [-0.25, -0.2) is 4.98 Å². The average molecular weight is 279 g/mol. The van der Waals surface area contributed by atoms with E-state index >= 15 is 0 Å².